The van der Waals surface area contributed by atoms with Gasteiger partial charge < -0.3 is 19.6 Å². The summed E-state index contributed by atoms with van der Waals surface area (Å²) in [5, 5.41) is 11.0. The van der Waals surface area contributed by atoms with E-state index in [1.807, 2.05) is 50.2 Å². The third kappa shape index (κ3) is 5.17. The summed E-state index contributed by atoms with van der Waals surface area (Å²) >= 11 is 3.37. The Balaban J connectivity index is 2.05. The number of carbonyl (C=O) groups is 2. The molecular weight excluding hydrogens is 460 g/mol. The van der Waals surface area contributed by atoms with Crippen LogP contribution in [0.4, 0.5) is 0 Å². The predicted molar refractivity (Wildman–Crippen MR) is 124 cm³/mol. The normalized spacial score (nSPS) is 18.1. The number of ether oxygens (including phenoxy) is 1. The number of benzene rings is 2. The maximum absolute atomic E-state index is 13.0. The Bertz CT molecular complexity index is 968. The van der Waals surface area contributed by atoms with Gasteiger partial charge in [0.15, 0.2) is 0 Å². The Morgan fingerprint density at radius 1 is 1.10 bits per heavy atom. The molecule has 31 heavy (non-hydrogen) atoms. The van der Waals surface area contributed by atoms with Crippen LogP contribution in [0.2, 0.25) is 0 Å². The van der Waals surface area contributed by atoms with Gasteiger partial charge in [-0.2, -0.15) is 0 Å². The summed E-state index contributed by atoms with van der Waals surface area (Å²) in [6.07, 6.45) is 0.714. The summed E-state index contributed by atoms with van der Waals surface area (Å²) < 4.78 is 6.38. The van der Waals surface area contributed by atoms with E-state index in [4.69, 9.17) is 4.74 Å². The zero-order chi connectivity index (χ0) is 22.5. The van der Waals surface area contributed by atoms with Crippen LogP contribution in [-0.4, -0.2) is 60.4 Å². The van der Waals surface area contributed by atoms with Crippen LogP contribution in [0.15, 0.2) is 58.6 Å². The Morgan fingerprint density at radius 2 is 1.74 bits per heavy atom. The number of aliphatic hydroxyl groups is 1. The third-order valence-corrected chi connectivity index (χ3v) is 5.70. The van der Waals surface area contributed by atoms with Crippen molar-refractivity contribution in [3.05, 3.63) is 69.7 Å². The summed E-state index contributed by atoms with van der Waals surface area (Å²) in [6.45, 7) is 3.65. The molecule has 1 atom stereocenters. The summed E-state index contributed by atoms with van der Waals surface area (Å²) in [7, 11) is 3.93. The van der Waals surface area contributed by atoms with Gasteiger partial charge in [-0.3, -0.25) is 9.59 Å². The summed E-state index contributed by atoms with van der Waals surface area (Å²) in [4.78, 5) is 29.5. The minimum atomic E-state index is -0.663. The SMILES string of the molecule is CCOc1ccc([C@H]2/C(=C(\O)c3ccc(Br)cc3)C(=O)C(=O)N2CCCN(C)C)cc1. The van der Waals surface area contributed by atoms with Crippen molar-refractivity contribution in [2.45, 2.75) is 19.4 Å². The first-order valence-corrected chi connectivity index (χ1v) is 11.0. The van der Waals surface area contributed by atoms with Crippen molar-refractivity contribution in [2.75, 3.05) is 33.8 Å². The van der Waals surface area contributed by atoms with E-state index in [0.29, 0.717) is 30.9 Å². The number of hydrogen-bond donors (Lipinski definition) is 1. The number of amides is 1. The molecular formula is C24H27BrN2O4. The standard InChI is InChI=1S/C24H27BrN2O4/c1-4-31-19-12-8-16(9-13-19)21-20(22(28)17-6-10-18(25)11-7-17)23(29)24(30)27(21)15-5-14-26(2)3/h6-13,21,28H,4-5,14-15H2,1-3H3/b22-20+/t21-/m0/s1. The molecule has 1 saturated heterocycles. The molecule has 1 aliphatic rings. The summed E-state index contributed by atoms with van der Waals surface area (Å²) in [5.41, 5.74) is 1.36. The number of nitrogens with zero attached hydrogens (tertiary/aromatic N) is 2. The lowest BCUT2D eigenvalue weighted by atomic mass is 9.95. The van der Waals surface area contributed by atoms with Crippen LogP contribution >= 0.6 is 15.9 Å². The van der Waals surface area contributed by atoms with Crippen molar-refractivity contribution in [1.82, 2.24) is 9.80 Å². The smallest absolute Gasteiger partial charge is 0.295 e. The zero-order valence-corrected chi connectivity index (χ0v) is 19.6. The molecule has 1 fully saturated rings. The van der Waals surface area contributed by atoms with Crippen molar-refractivity contribution in [3.63, 3.8) is 0 Å². The van der Waals surface area contributed by atoms with Crippen LogP contribution in [0.1, 0.15) is 30.5 Å². The molecule has 0 aliphatic carbocycles. The molecule has 0 spiro atoms. The lowest BCUT2D eigenvalue weighted by Gasteiger charge is -2.26. The minimum absolute atomic E-state index is 0.112. The Kier molecular flexibility index (Phi) is 7.51. The monoisotopic (exact) mass is 486 g/mol. The van der Waals surface area contributed by atoms with Gasteiger partial charge in [-0.15, -0.1) is 0 Å². The largest absolute Gasteiger partial charge is 0.507 e. The lowest BCUT2D eigenvalue weighted by Crippen LogP contribution is -2.32. The number of Topliss-reactive ketones (excluding diaryl/α,β-unsaturated/α-hetero) is 1. The second kappa shape index (κ2) is 10.1. The van der Waals surface area contributed by atoms with Crippen molar-refractivity contribution in [3.8, 4) is 5.75 Å². The highest BCUT2D eigenvalue weighted by Crippen LogP contribution is 2.40. The maximum Gasteiger partial charge on any atom is 0.295 e. The first-order chi connectivity index (χ1) is 14.8. The van der Waals surface area contributed by atoms with Gasteiger partial charge in [0.2, 0.25) is 0 Å². The molecule has 2 aromatic rings. The molecule has 1 aliphatic heterocycles. The molecule has 0 saturated carbocycles. The second-order valence-electron chi connectivity index (χ2n) is 7.66. The second-order valence-corrected chi connectivity index (χ2v) is 8.57. The number of carbonyl (C=O) groups excluding carboxylic acids is 2. The number of hydrogen-bond acceptors (Lipinski definition) is 5. The summed E-state index contributed by atoms with van der Waals surface area (Å²) in [5.74, 6) is -0.705. The molecule has 0 aromatic heterocycles. The molecule has 1 amide bonds. The van der Waals surface area contributed by atoms with E-state index in [-0.39, 0.29) is 11.3 Å². The van der Waals surface area contributed by atoms with E-state index in [1.54, 1.807) is 29.2 Å². The highest BCUT2D eigenvalue weighted by atomic mass is 79.9. The summed E-state index contributed by atoms with van der Waals surface area (Å²) in [6, 6.07) is 13.7. The minimum Gasteiger partial charge on any atom is -0.507 e. The van der Waals surface area contributed by atoms with E-state index in [1.165, 1.54) is 0 Å². The number of rotatable bonds is 8. The van der Waals surface area contributed by atoms with Gasteiger partial charge in [0, 0.05) is 16.6 Å². The fourth-order valence-corrected chi connectivity index (χ4v) is 3.96. The van der Waals surface area contributed by atoms with Gasteiger partial charge in [-0.05, 0) is 63.8 Å². The topological polar surface area (TPSA) is 70.1 Å². The number of likely N-dealkylation sites (tertiary alicyclic amines) is 1. The highest BCUT2D eigenvalue weighted by molar-refractivity contribution is 9.10. The van der Waals surface area contributed by atoms with Crippen LogP contribution in [0.5, 0.6) is 5.75 Å². The Morgan fingerprint density at radius 3 is 2.32 bits per heavy atom. The molecule has 7 heteroatoms. The molecule has 2 aromatic carbocycles. The van der Waals surface area contributed by atoms with Gasteiger partial charge in [0.25, 0.3) is 11.7 Å². The van der Waals surface area contributed by atoms with E-state index in [9.17, 15) is 14.7 Å². The van der Waals surface area contributed by atoms with Crippen molar-refractivity contribution < 1.29 is 19.4 Å². The average Bonchev–Trinajstić information content (AvgIpc) is 2.99. The third-order valence-electron chi connectivity index (χ3n) is 5.17. The number of aliphatic hydroxyl groups excluding tert-OH is 1. The number of ketones is 1. The molecule has 3 rings (SSSR count). The number of halogens is 1. The maximum atomic E-state index is 13.0. The van der Waals surface area contributed by atoms with Crippen LogP contribution in [0, 0.1) is 0 Å². The van der Waals surface area contributed by atoms with Crippen LogP contribution in [-0.2, 0) is 9.59 Å². The van der Waals surface area contributed by atoms with Crippen LogP contribution in [0.25, 0.3) is 5.76 Å². The van der Waals surface area contributed by atoms with Gasteiger partial charge in [0.1, 0.15) is 11.5 Å². The van der Waals surface area contributed by atoms with E-state index >= 15 is 0 Å². The van der Waals surface area contributed by atoms with Gasteiger partial charge in [0.05, 0.1) is 18.2 Å². The van der Waals surface area contributed by atoms with Gasteiger partial charge >= 0.3 is 0 Å². The van der Waals surface area contributed by atoms with E-state index < -0.39 is 17.7 Å². The first kappa shape index (κ1) is 23.0. The quantitative estimate of drug-likeness (QED) is 0.343. The van der Waals surface area contributed by atoms with Crippen molar-refractivity contribution in [2.24, 2.45) is 0 Å². The molecule has 0 radical (unpaired) electrons. The van der Waals surface area contributed by atoms with E-state index in [2.05, 4.69) is 15.9 Å². The molecule has 1 N–H and O–H groups in total. The van der Waals surface area contributed by atoms with Crippen molar-refractivity contribution in [1.29, 1.82) is 0 Å². The fraction of sp³-hybridized carbons (Fsp3) is 0.333. The zero-order valence-electron chi connectivity index (χ0n) is 18.0. The highest BCUT2D eigenvalue weighted by Gasteiger charge is 2.45. The Labute approximate surface area is 191 Å². The van der Waals surface area contributed by atoms with Gasteiger partial charge in [-0.1, -0.05) is 40.2 Å². The molecule has 6 nitrogen and oxygen atoms in total. The Hall–Kier alpha value is -2.64. The fourth-order valence-electron chi connectivity index (χ4n) is 3.69. The molecule has 0 unspecified atom stereocenters. The van der Waals surface area contributed by atoms with Crippen molar-refractivity contribution >= 4 is 33.4 Å². The predicted octanol–water partition coefficient (Wildman–Crippen LogP) is 4.22. The molecule has 0 bridgehead atoms. The average molecular weight is 487 g/mol. The van der Waals surface area contributed by atoms with Crippen LogP contribution in [0.3, 0.4) is 0 Å². The van der Waals surface area contributed by atoms with Gasteiger partial charge in [-0.25, -0.2) is 0 Å². The van der Waals surface area contributed by atoms with E-state index in [0.717, 1.165) is 16.6 Å². The lowest BCUT2D eigenvalue weighted by molar-refractivity contribution is -0.139. The molecule has 164 valence electrons. The molecule has 1 heterocycles. The van der Waals surface area contributed by atoms with Crippen LogP contribution < -0.4 is 4.74 Å². The first-order valence-electron chi connectivity index (χ1n) is 10.2.